The van der Waals surface area contributed by atoms with Crippen LogP contribution in [0.3, 0.4) is 0 Å². The van der Waals surface area contributed by atoms with Gasteiger partial charge < -0.3 is 5.73 Å². The maximum Gasteiger partial charge on any atom is 0.154 e. The molecule has 0 radical (unpaired) electrons. The molecule has 1 aromatic rings. The lowest BCUT2D eigenvalue weighted by molar-refractivity contribution is 0.761. The zero-order valence-electron chi connectivity index (χ0n) is 8.00. The van der Waals surface area contributed by atoms with E-state index in [-0.39, 0.29) is 24.8 Å². The molecule has 0 aromatic carbocycles. The smallest absolute Gasteiger partial charge is 0.154 e. The highest BCUT2D eigenvalue weighted by Gasteiger charge is 2.15. The molecule has 15 heavy (non-hydrogen) atoms. The first-order chi connectivity index (χ1) is 6.34. The number of nitrogens with zero attached hydrogens (tertiary/aromatic N) is 2. The molecule has 2 heterocycles. The number of amidine groups is 1. The second kappa shape index (κ2) is 6.93. The first kappa shape index (κ1) is 14.6. The van der Waals surface area contributed by atoms with Gasteiger partial charge in [0.25, 0.3) is 0 Å². The number of aliphatic imine (C=N–C) groups is 1. The highest BCUT2D eigenvalue weighted by Crippen LogP contribution is 2.18. The molecule has 0 aliphatic carbocycles. The van der Waals surface area contributed by atoms with Gasteiger partial charge in [0.1, 0.15) is 0 Å². The van der Waals surface area contributed by atoms with Crippen LogP contribution in [0, 0.1) is 0 Å². The molecule has 2 rings (SSSR count). The summed E-state index contributed by atoms with van der Waals surface area (Å²) in [6.45, 7) is 0. The van der Waals surface area contributed by atoms with Gasteiger partial charge in [-0.3, -0.25) is 9.98 Å². The lowest BCUT2D eigenvalue weighted by atomic mass is 10.1. The first-order valence-electron chi connectivity index (χ1n) is 4.19. The molecule has 3 nitrogen and oxygen atoms in total. The summed E-state index contributed by atoms with van der Waals surface area (Å²) in [5, 5.41) is 0.721. The van der Waals surface area contributed by atoms with E-state index in [9.17, 15) is 0 Å². The number of halogens is 2. The van der Waals surface area contributed by atoms with Crippen LogP contribution in [0.2, 0.25) is 0 Å². The van der Waals surface area contributed by atoms with Crippen molar-refractivity contribution in [1.82, 2.24) is 4.98 Å². The van der Waals surface area contributed by atoms with Crippen molar-refractivity contribution >= 4 is 41.7 Å². The second-order valence-corrected chi connectivity index (χ2v) is 4.03. The predicted molar refractivity (Wildman–Crippen MR) is 70.3 cm³/mol. The van der Waals surface area contributed by atoms with Crippen LogP contribution in [-0.2, 0) is 6.42 Å². The third kappa shape index (κ3) is 4.28. The zero-order chi connectivity index (χ0) is 9.10. The predicted octanol–water partition coefficient (Wildman–Crippen LogP) is 1.90. The maximum atomic E-state index is 5.58. The summed E-state index contributed by atoms with van der Waals surface area (Å²) in [5.74, 6) is 1.01. The van der Waals surface area contributed by atoms with Gasteiger partial charge in [-0.15, -0.1) is 24.8 Å². The minimum atomic E-state index is 0. The lowest BCUT2D eigenvalue weighted by Crippen LogP contribution is -2.08. The van der Waals surface area contributed by atoms with Gasteiger partial charge in [-0.05, 0) is 24.1 Å². The zero-order valence-corrected chi connectivity index (χ0v) is 10.4. The average Bonchev–Trinajstić information content (AvgIpc) is 2.53. The summed E-state index contributed by atoms with van der Waals surface area (Å²) in [7, 11) is 0. The van der Waals surface area contributed by atoms with Gasteiger partial charge in [-0.2, -0.15) is 0 Å². The van der Waals surface area contributed by atoms with Crippen LogP contribution < -0.4 is 5.73 Å². The molecule has 0 amide bonds. The van der Waals surface area contributed by atoms with E-state index < -0.39 is 0 Å². The maximum absolute atomic E-state index is 5.58. The molecule has 6 heteroatoms. The molecule has 0 saturated heterocycles. The van der Waals surface area contributed by atoms with E-state index in [1.165, 1.54) is 5.56 Å². The van der Waals surface area contributed by atoms with Gasteiger partial charge in [0.15, 0.2) is 5.17 Å². The van der Waals surface area contributed by atoms with E-state index in [1.807, 2.05) is 24.5 Å². The molecule has 1 aliphatic rings. The van der Waals surface area contributed by atoms with E-state index in [0.717, 1.165) is 17.3 Å². The number of rotatable bonds is 2. The van der Waals surface area contributed by atoms with Crippen LogP contribution in [0.15, 0.2) is 29.5 Å². The standard InChI is InChI=1S/C9H11N3S.2ClH/c10-9-12-8(6-13-9)5-7-1-3-11-4-2-7;;/h1-4,8H,5-6H2,(H2,10,12);2*1H/t8-;;/m1../s1. The van der Waals surface area contributed by atoms with Crippen LogP contribution in [-0.4, -0.2) is 21.9 Å². The fourth-order valence-corrected chi connectivity index (χ4v) is 2.11. The van der Waals surface area contributed by atoms with Crippen LogP contribution in [0.4, 0.5) is 0 Å². The molecular weight excluding hydrogens is 253 g/mol. The number of nitrogens with two attached hydrogens (primary N) is 1. The van der Waals surface area contributed by atoms with Gasteiger partial charge in [-0.25, -0.2) is 0 Å². The highest BCUT2D eigenvalue weighted by molar-refractivity contribution is 8.14. The summed E-state index contributed by atoms with van der Waals surface area (Å²) in [5.41, 5.74) is 6.86. The number of hydrogen-bond donors (Lipinski definition) is 1. The van der Waals surface area contributed by atoms with Crippen LogP contribution in [0.1, 0.15) is 5.56 Å². The Morgan fingerprint density at radius 1 is 1.33 bits per heavy atom. The van der Waals surface area contributed by atoms with Crippen molar-refractivity contribution in [2.75, 3.05) is 5.75 Å². The van der Waals surface area contributed by atoms with Crippen molar-refractivity contribution in [2.45, 2.75) is 12.5 Å². The second-order valence-electron chi connectivity index (χ2n) is 2.99. The highest BCUT2D eigenvalue weighted by atomic mass is 35.5. The molecule has 84 valence electrons. The molecule has 1 aliphatic heterocycles. The molecule has 1 aromatic heterocycles. The van der Waals surface area contributed by atoms with Gasteiger partial charge in [0.2, 0.25) is 0 Å². The van der Waals surface area contributed by atoms with Crippen molar-refractivity contribution in [2.24, 2.45) is 10.7 Å². The quantitative estimate of drug-likeness (QED) is 0.889. The molecule has 1 atom stereocenters. The SMILES string of the molecule is Cl.Cl.NC1=N[C@H](Cc2ccncc2)CS1. The van der Waals surface area contributed by atoms with E-state index >= 15 is 0 Å². The van der Waals surface area contributed by atoms with Gasteiger partial charge in [-0.1, -0.05) is 11.8 Å². The molecule has 2 N–H and O–H groups in total. The molecule has 0 fully saturated rings. The minimum absolute atomic E-state index is 0. The van der Waals surface area contributed by atoms with E-state index in [2.05, 4.69) is 9.98 Å². The summed E-state index contributed by atoms with van der Waals surface area (Å²) in [4.78, 5) is 8.29. The Labute approximate surface area is 106 Å². The Kier molecular flexibility index (Phi) is 6.72. The lowest BCUT2D eigenvalue weighted by Gasteiger charge is -2.04. The summed E-state index contributed by atoms with van der Waals surface area (Å²) in [6.07, 6.45) is 4.59. The summed E-state index contributed by atoms with van der Waals surface area (Å²) < 4.78 is 0. The first-order valence-corrected chi connectivity index (χ1v) is 5.18. The Bertz CT molecular complexity index is 318. The molecule has 0 spiro atoms. The molecule has 0 bridgehead atoms. The minimum Gasteiger partial charge on any atom is -0.379 e. The molecule has 0 unspecified atom stereocenters. The number of thioether (sulfide) groups is 1. The summed E-state index contributed by atoms with van der Waals surface area (Å²) >= 11 is 1.64. The fraction of sp³-hybridized carbons (Fsp3) is 0.333. The van der Waals surface area contributed by atoms with Crippen LogP contribution in [0.25, 0.3) is 0 Å². The van der Waals surface area contributed by atoms with E-state index in [4.69, 9.17) is 5.73 Å². The third-order valence-electron chi connectivity index (χ3n) is 1.95. The fourth-order valence-electron chi connectivity index (χ4n) is 1.33. The average molecular weight is 266 g/mol. The molecular formula is C9H13Cl2N3S. The van der Waals surface area contributed by atoms with E-state index in [1.54, 1.807) is 11.8 Å². The Hall–Kier alpha value is -0.450. The number of pyridine rings is 1. The van der Waals surface area contributed by atoms with Crippen molar-refractivity contribution in [3.8, 4) is 0 Å². The Balaban J connectivity index is 0.000000980. The van der Waals surface area contributed by atoms with Gasteiger partial charge in [0.05, 0.1) is 6.04 Å². The van der Waals surface area contributed by atoms with Crippen LogP contribution >= 0.6 is 36.6 Å². The number of hydrogen-bond acceptors (Lipinski definition) is 4. The largest absolute Gasteiger partial charge is 0.379 e. The van der Waals surface area contributed by atoms with Crippen molar-refractivity contribution in [3.63, 3.8) is 0 Å². The topological polar surface area (TPSA) is 51.3 Å². The summed E-state index contributed by atoms with van der Waals surface area (Å²) in [6, 6.07) is 4.40. The normalized spacial score (nSPS) is 18.7. The van der Waals surface area contributed by atoms with Crippen molar-refractivity contribution in [3.05, 3.63) is 30.1 Å². The number of aromatic nitrogens is 1. The third-order valence-corrected chi connectivity index (χ3v) is 2.91. The molecule has 0 saturated carbocycles. The van der Waals surface area contributed by atoms with Crippen molar-refractivity contribution in [1.29, 1.82) is 0 Å². The van der Waals surface area contributed by atoms with E-state index in [0.29, 0.717) is 6.04 Å². The Morgan fingerprint density at radius 2 is 2.00 bits per heavy atom. The van der Waals surface area contributed by atoms with Crippen molar-refractivity contribution < 1.29 is 0 Å². The van der Waals surface area contributed by atoms with Crippen LogP contribution in [0.5, 0.6) is 0 Å². The van der Waals surface area contributed by atoms with Gasteiger partial charge in [0, 0.05) is 18.1 Å². The monoisotopic (exact) mass is 265 g/mol. The van der Waals surface area contributed by atoms with Gasteiger partial charge >= 0.3 is 0 Å². The Morgan fingerprint density at radius 3 is 2.53 bits per heavy atom.